The molecule has 2 nitrogen and oxygen atoms in total. The van der Waals surface area contributed by atoms with E-state index in [2.05, 4.69) is 11.0 Å². The normalized spacial score (nSPS) is 14.6. The highest BCUT2D eigenvalue weighted by Crippen LogP contribution is 1.96. The summed E-state index contributed by atoms with van der Waals surface area (Å²) in [7, 11) is 4.06. The van der Waals surface area contributed by atoms with Crippen LogP contribution in [-0.2, 0) is 0 Å². The third-order valence-electron chi connectivity index (χ3n) is 1.52. The Bertz CT molecular complexity index is 110. The number of aliphatic hydroxyl groups excluding tert-OH is 1. The van der Waals surface area contributed by atoms with Crippen LogP contribution in [0.25, 0.3) is 0 Å². The van der Waals surface area contributed by atoms with Gasteiger partial charge in [0.25, 0.3) is 0 Å². The molecular formula is C9H19NO. The SMILES string of the molecule is CCC(O)CC=CCN(C)C. The van der Waals surface area contributed by atoms with Gasteiger partial charge in [-0.3, -0.25) is 0 Å². The summed E-state index contributed by atoms with van der Waals surface area (Å²) >= 11 is 0. The van der Waals surface area contributed by atoms with Gasteiger partial charge in [0.05, 0.1) is 6.10 Å². The maximum atomic E-state index is 9.16. The molecule has 0 bridgehead atoms. The summed E-state index contributed by atoms with van der Waals surface area (Å²) in [5, 5.41) is 9.16. The first kappa shape index (κ1) is 10.7. The standard InChI is InChI=1S/C9H19NO/c1-4-9(11)7-5-6-8-10(2)3/h5-6,9,11H,4,7-8H2,1-3H3. The Hall–Kier alpha value is -0.340. The van der Waals surface area contributed by atoms with Crippen LogP contribution in [0.5, 0.6) is 0 Å². The van der Waals surface area contributed by atoms with Crippen LogP contribution in [-0.4, -0.2) is 36.8 Å². The summed E-state index contributed by atoms with van der Waals surface area (Å²) in [6.45, 7) is 2.95. The summed E-state index contributed by atoms with van der Waals surface area (Å²) in [6, 6.07) is 0. The zero-order chi connectivity index (χ0) is 8.69. The lowest BCUT2D eigenvalue weighted by atomic mass is 10.2. The average Bonchev–Trinajstić information content (AvgIpc) is 1.97. The highest BCUT2D eigenvalue weighted by atomic mass is 16.3. The van der Waals surface area contributed by atoms with Gasteiger partial charge < -0.3 is 10.0 Å². The van der Waals surface area contributed by atoms with Gasteiger partial charge in [0.15, 0.2) is 0 Å². The highest BCUT2D eigenvalue weighted by molar-refractivity contribution is 4.85. The predicted octanol–water partition coefficient (Wildman–Crippen LogP) is 1.27. The highest BCUT2D eigenvalue weighted by Gasteiger charge is 1.94. The van der Waals surface area contributed by atoms with Crippen LogP contribution < -0.4 is 0 Å². The molecule has 2 heteroatoms. The van der Waals surface area contributed by atoms with Crippen molar-refractivity contribution in [3.05, 3.63) is 12.2 Å². The number of likely N-dealkylation sites (N-methyl/N-ethyl adjacent to an activating group) is 1. The first-order chi connectivity index (χ1) is 5.16. The second-order valence-electron chi connectivity index (χ2n) is 3.03. The summed E-state index contributed by atoms with van der Waals surface area (Å²) in [6.07, 6.45) is 5.58. The number of aliphatic hydroxyl groups is 1. The van der Waals surface area contributed by atoms with Gasteiger partial charge in [-0.2, -0.15) is 0 Å². The van der Waals surface area contributed by atoms with Gasteiger partial charge >= 0.3 is 0 Å². The molecular weight excluding hydrogens is 138 g/mol. The Morgan fingerprint density at radius 2 is 2.00 bits per heavy atom. The van der Waals surface area contributed by atoms with Crippen LogP contribution in [0.4, 0.5) is 0 Å². The lowest BCUT2D eigenvalue weighted by molar-refractivity contribution is 0.173. The quantitative estimate of drug-likeness (QED) is 0.607. The second-order valence-corrected chi connectivity index (χ2v) is 3.03. The monoisotopic (exact) mass is 157 g/mol. The minimum atomic E-state index is -0.159. The zero-order valence-electron chi connectivity index (χ0n) is 7.75. The molecule has 0 aromatic rings. The summed E-state index contributed by atoms with van der Waals surface area (Å²) in [5.41, 5.74) is 0. The van der Waals surface area contributed by atoms with Crippen LogP contribution in [0, 0.1) is 0 Å². The molecule has 1 N–H and O–H groups in total. The molecule has 0 saturated carbocycles. The Kier molecular flexibility index (Phi) is 6.18. The van der Waals surface area contributed by atoms with Crippen molar-refractivity contribution in [1.29, 1.82) is 0 Å². The van der Waals surface area contributed by atoms with E-state index in [1.165, 1.54) is 0 Å². The van der Waals surface area contributed by atoms with Gasteiger partial charge in [-0.05, 0) is 26.9 Å². The second kappa shape index (κ2) is 6.38. The topological polar surface area (TPSA) is 23.5 Å². The first-order valence-corrected chi connectivity index (χ1v) is 4.14. The number of hydrogen-bond acceptors (Lipinski definition) is 2. The number of nitrogens with zero attached hydrogens (tertiary/aromatic N) is 1. The van der Waals surface area contributed by atoms with Gasteiger partial charge in [0.1, 0.15) is 0 Å². The predicted molar refractivity (Wildman–Crippen MR) is 48.6 cm³/mol. The molecule has 0 amide bonds. The van der Waals surface area contributed by atoms with Crippen molar-refractivity contribution < 1.29 is 5.11 Å². The Balaban J connectivity index is 3.29. The molecule has 0 aliphatic carbocycles. The lowest BCUT2D eigenvalue weighted by Crippen LogP contribution is -2.10. The molecule has 0 aromatic carbocycles. The van der Waals surface area contributed by atoms with E-state index in [-0.39, 0.29) is 6.10 Å². The van der Waals surface area contributed by atoms with Gasteiger partial charge in [-0.1, -0.05) is 19.1 Å². The van der Waals surface area contributed by atoms with E-state index >= 15 is 0 Å². The Morgan fingerprint density at radius 3 is 2.45 bits per heavy atom. The van der Waals surface area contributed by atoms with Crippen molar-refractivity contribution in [3.63, 3.8) is 0 Å². The average molecular weight is 157 g/mol. The van der Waals surface area contributed by atoms with Crippen LogP contribution in [0.2, 0.25) is 0 Å². The first-order valence-electron chi connectivity index (χ1n) is 4.14. The van der Waals surface area contributed by atoms with E-state index in [9.17, 15) is 0 Å². The van der Waals surface area contributed by atoms with Crippen molar-refractivity contribution in [2.24, 2.45) is 0 Å². The molecule has 1 unspecified atom stereocenters. The van der Waals surface area contributed by atoms with E-state index in [0.29, 0.717) is 0 Å². The Labute approximate surface area is 69.5 Å². The van der Waals surface area contributed by atoms with E-state index in [0.717, 1.165) is 19.4 Å². The van der Waals surface area contributed by atoms with Gasteiger partial charge in [0.2, 0.25) is 0 Å². The molecule has 0 aromatic heterocycles. The smallest absolute Gasteiger partial charge is 0.0572 e. The largest absolute Gasteiger partial charge is 0.393 e. The minimum absolute atomic E-state index is 0.159. The number of rotatable bonds is 5. The van der Waals surface area contributed by atoms with Crippen molar-refractivity contribution in [3.8, 4) is 0 Å². The fraction of sp³-hybridized carbons (Fsp3) is 0.778. The van der Waals surface area contributed by atoms with Crippen LogP contribution in [0.1, 0.15) is 19.8 Å². The molecule has 0 heterocycles. The Morgan fingerprint density at radius 1 is 1.36 bits per heavy atom. The third-order valence-corrected chi connectivity index (χ3v) is 1.52. The van der Waals surface area contributed by atoms with E-state index < -0.39 is 0 Å². The molecule has 1 atom stereocenters. The van der Waals surface area contributed by atoms with E-state index in [1.54, 1.807) is 0 Å². The third kappa shape index (κ3) is 7.56. The molecule has 66 valence electrons. The zero-order valence-corrected chi connectivity index (χ0v) is 7.75. The van der Waals surface area contributed by atoms with E-state index in [1.807, 2.05) is 27.1 Å². The van der Waals surface area contributed by atoms with Crippen LogP contribution in [0.3, 0.4) is 0 Å². The minimum Gasteiger partial charge on any atom is -0.393 e. The van der Waals surface area contributed by atoms with Crippen molar-refractivity contribution in [1.82, 2.24) is 4.90 Å². The maximum Gasteiger partial charge on any atom is 0.0572 e. The fourth-order valence-electron chi connectivity index (χ4n) is 0.705. The molecule has 0 aliphatic heterocycles. The fourth-order valence-corrected chi connectivity index (χ4v) is 0.705. The summed E-state index contributed by atoms with van der Waals surface area (Å²) in [5.74, 6) is 0. The van der Waals surface area contributed by atoms with Crippen LogP contribution >= 0.6 is 0 Å². The van der Waals surface area contributed by atoms with Crippen molar-refractivity contribution >= 4 is 0 Å². The number of hydrogen-bond donors (Lipinski definition) is 1. The molecule has 0 spiro atoms. The molecule has 11 heavy (non-hydrogen) atoms. The van der Waals surface area contributed by atoms with Gasteiger partial charge in [0, 0.05) is 6.54 Å². The molecule has 0 rings (SSSR count). The van der Waals surface area contributed by atoms with Crippen molar-refractivity contribution in [2.75, 3.05) is 20.6 Å². The molecule has 0 radical (unpaired) electrons. The summed E-state index contributed by atoms with van der Waals surface area (Å²) in [4.78, 5) is 2.09. The maximum absolute atomic E-state index is 9.16. The van der Waals surface area contributed by atoms with E-state index in [4.69, 9.17) is 5.11 Å². The van der Waals surface area contributed by atoms with Crippen molar-refractivity contribution in [2.45, 2.75) is 25.9 Å². The molecule has 0 fully saturated rings. The summed E-state index contributed by atoms with van der Waals surface area (Å²) < 4.78 is 0. The van der Waals surface area contributed by atoms with Crippen LogP contribution in [0.15, 0.2) is 12.2 Å². The van der Waals surface area contributed by atoms with Gasteiger partial charge in [-0.15, -0.1) is 0 Å². The molecule has 0 saturated heterocycles. The lowest BCUT2D eigenvalue weighted by Gasteiger charge is -2.05. The van der Waals surface area contributed by atoms with Gasteiger partial charge in [-0.25, -0.2) is 0 Å². The molecule has 0 aliphatic rings.